The average molecular weight is 248 g/mol. The molecule has 1 aromatic rings. The Morgan fingerprint density at radius 1 is 1.39 bits per heavy atom. The molecule has 0 bridgehead atoms. The number of hydrogen-bond acceptors (Lipinski definition) is 4. The van der Waals surface area contributed by atoms with Crippen LogP contribution in [-0.2, 0) is 0 Å². The number of aromatic nitrogens is 1. The first-order valence-electron chi connectivity index (χ1n) is 6.94. The van der Waals surface area contributed by atoms with Gasteiger partial charge in [0.25, 0.3) is 0 Å². The zero-order chi connectivity index (χ0) is 12.8. The smallest absolute Gasteiger partial charge is 0.128 e. The molecule has 0 radical (unpaired) electrons. The molecule has 100 valence electrons. The fraction of sp³-hybridized carbons (Fsp3) is 0.643. The zero-order valence-corrected chi connectivity index (χ0v) is 11.4. The van der Waals surface area contributed by atoms with E-state index in [0.717, 1.165) is 31.1 Å². The predicted molar refractivity (Wildman–Crippen MR) is 77.2 cm³/mol. The van der Waals surface area contributed by atoms with E-state index in [1.807, 2.05) is 12.1 Å². The fourth-order valence-corrected chi connectivity index (χ4v) is 2.36. The Morgan fingerprint density at radius 2 is 2.22 bits per heavy atom. The van der Waals surface area contributed by atoms with Gasteiger partial charge in [-0.15, -0.1) is 0 Å². The van der Waals surface area contributed by atoms with Crippen LogP contribution in [0.3, 0.4) is 0 Å². The van der Waals surface area contributed by atoms with E-state index in [1.165, 1.54) is 19.4 Å². The second-order valence-electron chi connectivity index (χ2n) is 5.08. The molecule has 18 heavy (non-hydrogen) atoms. The van der Waals surface area contributed by atoms with Crippen LogP contribution in [-0.4, -0.2) is 42.6 Å². The lowest BCUT2D eigenvalue weighted by Gasteiger charge is -2.30. The van der Waals surface area contributed by atoms with Crippen molar-refractivity contribution in [3.63, 3.8) is 0 Å². The first kappa shape index (κ1) is 13.1. The van der Waals surface area contributed by atoms with Gasteiger partial charge in [-0.1, -0.05) is 13.0 Å². The summed E-state index contributed by atoms with van der Waals surface area (Å²) in [7, 11) is 2.18. The molecular weight excluding hydrogens is 224 g/mol. The average Bonchev–Trinajstić information content (AvgIpc) is 2.37. The van der Waals surface area contributed by atoms with Gasteiger partial charge in [-0.2, -0.15) is 0 Å². The highest BCUT2D eigenvalue weighted by Crippen LogP contribution is 2.15. The minimum absolute atomic E-state index is 0.526. The van der Waals surface area contributed by atoms with Crippen LogP contribution in [0.5, 0.6) is 0 Å². The molecule has 1 atom stereocenters. The summed E-state index contributed by atoms with van der Waals surface area (Å²) in [5, 5.41) is 6.85. The Morgan fingerprint density at radius 3 is 3.00 bits per heavy atom. The summed E-state index contributed by atoms with van der Waals surface area (Å²) >= 11 is 0. The zero-order valence-electron chi connectivity index (χ0n) is 11.4. The van der Waals surface area contributed by atoms with Crippen LogP contribution < -0.4 is 10.6 Å². The minimum atomic E-state index is 0.526. The molecule has 2 heterocycles. The number of rotatable bonds is 5. The highest BCUT2D eigenvalue weighted by atomic mass is 15.2. The van der Waals surface area contributed by atoms with Crippen molar-refractivity contribution < 1.29 is 0 Å². The largest absolute Gasteiger partial charge is 0.370 e. The molecule has 2 N–H and O–H groups in total. The summed E-state index contributed by atoms with van der Waals surface area (Å²) < 4.78 is 0. The lowest BCUT2D eigenvalue weighted by Crippen LogP contribution is -2.39. The maximum atomic E-state index is 4.59. The van der Waals surface area contributed by atoms with Crippen LogP contribution in [0.15, 0.2) is 18.2 Å². The number of anilines is 2. The summed E-state index contributed by atoms with van der Waals surface area (Å²) in [6.07, 6.45) is 3.62. The van der Waals surface area contributed by atoms with E-state index < -0.39 is 0 Å². The molecule has 4 nitrogen and oxygen atoms in total. The standard InChI is InChI=1S/C14H24N4/c1-3-9-15-13-7-4-8-14(17-13)16-12-6-5-10-18(2)11-12/h4,7-8,12H,3,5-6,9-11H2,1-2H3,(H2,15,16,17). The van der Waals surface area contributed by atoms with Crippen LogP contribution in [0.2, 0.25) is 0 Å². The first-order valence-corrected chi connectivity index (χ1v) is 6.94. The number of nitrogens with one attached hydrogen (secondary N) is 2. The van der Waals surface area contributed by atoms with Crippen molar-refractivity contribution in [3.05, 3.63) is 18.2 Å². The third-order valence-electron chi connectivity index (χ3n) is 3.28. The maximum Gasteiger partial charge on any atom is 0.128 e. The lowest BCUT2D eigenvalue weighted by atomic mass is 10.1. The SMILES string of the molecule is CCCNc1cccc(NC2CCCN(C)C2)n1. The monoisotopic (exact) mass is 248 g/mol. The number of nitrogens with zero attached hydrogens (tertiary/aromatic N) is 2. The van der Waals surface area contributed by atoms with Crippen molar-refractivity contribution in [2.24, 2.45) is 0 Å². The maximum absolute atomic E-state index is 4.59. The summed E-state index contributed by atoms with van der Waals surface area (Å²) in [6, 6.07) is 6.65. The molecule has 0 aromatic carbocycles. The molecule has 1 aromatic heterocycles. The molecule has 0 saturated carbocycles. The fourth-order valence-electron chi connectivity index (χ4n) is 2.36. The molecule has 1 unspecified atom stereocenters. The van der Waals surface area contributed by atoms with Crippen molar-refractivity contribution >= 4 is 11.6 Å². The van der Waals surface area contributed by atoms with Crippen LogP contribution in [0.1, 0.15) is 26.2 Å². The van der Waals surface area contributed by atoms with Gasteiger partial charge in [0.2, 0.25) is 0 Å². The number of likely N-dealkylation sites (N-methyl/N-ethyl adjacent to an activating group) is 1. The van der Waals surface area contributed by atoms with Crippen LogP contribution in [0.25, 0.3) is 0 Å². The normalized spacial score (nSPS) is 20.7. The van der Waals surface area contributed by atoms with Gasteiger partial charge >= 0.3 is 0 Å². The van der Waals surface area contributed by atoms with E-state index in [9.17, 15) is 0 Å². The number of pyridine rings is 1. The number of piperidine rings is 1. The number of likely N-dealkylation sites (tertiary alicyclic amines) is 1. The Balaban J connectivity index is 1.91. The van der Waals surface area contributed by atoms with Gasteiger partial charge in [-0.25, -0.2) is 4.98 Å². The van der Waals surface area contributed by atoms with Gasteiger partial charge < -0.3 is 15.5 Å². The molecule has 0 amide bonds. The lowest BCUT2D eigenvalue weighted by molar-refractivity contribution is 0.261. The van der Waals surface area contributed by atoms with Crippen molar-refractivity contribution in [2.75, 3.05) is 37.3 Å². The Bertz CT molecular complexity index is 367. The van der Waals surface area contributed by atoms with E-state index >= 15 is 0 Å². The topological polar surface area (TPSA) is 40.2 Å². The van der Waals surface area contributed by atoms with Crippen LogP contribution in [0.4, 0.5) is 11.6 Å². The van der Waals surface area contributed by atoms with Gasteiger partial charge in [0.15, 0.2) is 0 Å². The van der Waals surface area contributed by atoms with E-state index in [2.05, 4.69) is 40.6 Å². The van der Waals surface area contributed by atoms with Crippen LogP contribution >= 0.6 is 0 Å². The van der Waals surface area contributed by atoms with Crippen molar-refractivity contribution in [1.29, 1.82) is 0 Å². The van der Waals surface area contributed by atoms with Crippen molar-refractivity contribution in [2.45, 2.75) is 32.2 Å². The molecule has 1 fully saturated rings. The van der Waals surface area contributed by atoms with Crippen molar-refractivity contribution in [1.82, 2.24) is 9.88 Å². The van der Waals surface area contributed by atoms with E-state index in [0.29, 0.717) is 6.04 Å². The third-order valence-corrected chi connectivity index (χ3v) is 3.28. The van der Waals surface area contributed by atoms with E-state index in [-0.39, 0.29) is 0 Å². The highest BCUT2D eigenvalue weighted by Gasteiger charge is 2.16. The molecule has 1 aliphatic rings. The van der Waals surface area contributed by atoms with Gasteiger partial charge in [-0.05, 0) is 45.0 Å². The minimum Gasteiger partial charge on any atom is -0.370 e. The van der Waals surface area contributed by atoms with E-state index in [4.69, 9.17) is 0 Å². The molecule has 1 saturated heterocycles. The molecule has 1 aliphatic heterocycles. The second-order valence-corrected chi connectivity index (χ2v) is 5.08. The van der Waals surface area contributed by atoms with E-state index in [1.54, 1.807) is 0 Å². The Kier molecular flexibility index (Phi) is 4.81. The summed E-state index contributed by atoms with van der Waals surface area (Å²) in [4.78, 5) is 6.96. The molecule has 2 rings (SSSR count). The van der Waals surface area contributed by atoms with Gasteiger partial charge in [0, 0.05) is 19.1 Å². The highest BCUT2D eigenvalue weighted by molar-refractivity contribution is 5.45. The van der Waals surface area contributed by atoms with Crippen molar-refractivity contribution in [3.8, 4) is 0 Å². The van der Waals surface area contributed by atoms with Gasteiger partial charge in [0.1, 0.15) is 11.6 Å². The quantitative estimate of drug-likeness (QED) is 0.839. The summed E-state index contributed by atoms with van der Waals surface area (Å²) in [5.41, 5.74) is 0. The van der Waals surface area contributed by atoms with Gasteiger partial charge in [0.05, 0.1) is 0 Å². The Labute approximate surface area is 110 Å². The summed E-state index contributed by atoms with van der Waals surface area (Å²) in [5.74, 6) is 1.95. The predicted octanol–water partition coefficient (Wildman–Crippen LogP) is 2.41. The molecule has 4 heteroatoms. The molecule has 0 aliphatic carbocycles. The Hall–Kier alpha value is -1.29. The number of hydrogen-bond donors (Lipinski definition) is 2. The van der Waals surface area contributed by atoms with Gasteiger partial charge in [-0.3, -0.25) is 0 Å². The third kappa shape index (κ3) is 3.88. The summed E-state index contributed by atoms with van der Waals surface area (Å²) in [6.45, 7) is 5.45. The molecular formula is C14H24N4. The van der Waals surface area contributed by atoms with Crippen LogP contribution in [0, 0.1) is 0 Å². The first-order chi connectivity index (χ1) is 8.78. The molecule has 0 spiro atoms. The second kappa shape index (κ2) is 6.59.